The van der Waals surface area contributed by atoms with Crippen molar-refractivity contribution in [1.82, 2.24) is 4.90 Å². The number of hydrogen-bond donors (Lipinski definition) is 0. The highest BCUT2D eigenvalue weighted by molar-refractivity contribution is 5.68. The maximum absolute atomic E-state index is 11.9. The van der Waals surface area contributed by atoms with Gasteiger partial charge in [0, 0.05) is 6.54 Å². The van der Waals surface area contributed by atoms with Gasteiger partial charge in [0.1, 0.15) is 0 Å². The number of amides is 1. The van der Waals surface area contributed by atoms with E-state index in [0.29, 0.717) is 24.5 Å². The fourth-order valence-electron chi connectivity index (χ4n) is 4.13. The summed E-state index contributed by atoms with van der Waals surface area (Å²) in [6.07, 6.45) is 5.74. The van der Waals surface area contributed by atoms with E-state index in [9.17, 15) is 4.79 Å². The maximum Gasteiger partial charge on any atom is 0.409 e. The SMILES string of the molecule is COC(=O)N1CC[C@H](C)[C@@H]1CO[C@H]1CC[C@@H](c2ccccc2)CC1. The molecule has 1 aliphatic carbocycles. The number of benzene rings is 1. The Morgan fingerprint density at radius 1 is 1.12 bits per heavy atom. The third kappa shape index (κ3) is 3.92. The van der Waals surface area contributed by atoms with Gasteiger partial charge in [0.15, 0.2) is 0 Å². The molecular formula is C20H29NO3. The van der Waals surface area contributed by atoms with Crippen LogP contribution in [0.2, 0.25) is 0 Å². The van der Waals surface area contributed by atoms with E-state index in [2.05, 4.69) is 37.3 Å². The molecule has 1 aromatic carbocycles. The van der Waals surface area contributed by atoms with Gasteiger partial charge in [-0.25, -0.2) is 4.79 Å². The van der Waals surface area contributed by atoms with Crippen molar-refractivity contribution in [2.45, 2.75) is 57.1 Å². The first kappa shape index (κ1) is 17.3. The number of likely N-dealkylation sites (tertiary alicyclic amines) is 1. The average molecular weight is 331 g/mol. The summed E-state index contributed by atoms with van der Waals surface area (Å²) in [6, 6.07) is 11.0. The average Bonchev–Trinajstić information content (AvgIpc) is 3.01. The topological polar surface area (TPSA) is 38.8 Å². The van der Waals surface area contributed by atoms with Crippen LogP contribution < -0.4 is 0 Å². The first-order chi connectivity index (χ1) is 11.7. The lowest BCUT2D eigenvalue weighted by Gasteiger charge is -2.32. The minimum atomic E-state index is -0.222. The predicted molar refractivity (Wildman–Crippen MR) is 94.1 cm³/mol. The molecule has 0 spiro atoms. The lowest BCUT2D eigenvalue weighted by atomic mass is 9.83. The molecular weight excluding hydrogens is 302 g/mol. The van der Waals surface area contributed by atoms with Gasteiger partial charge in [0.25, 0.3) is 0 Å². The number of rotatable bonds is 4. The van der Waals surface area contributed by atoms with E-state index in [1.807, 2.05) is 4.90 Å². The molecule has 1 saturated carbocycles. The van der Waals surface area contributed by atoms with Gasteiger partial charge in [0.05, 0.1) is 25.9 Å². The molecule has 0 bridgehead atoms. The zero-order chi connectivity index (χ0) is 16.9. The third-order valence-corrected chi connectivity index (χ3v) is 5.74. The van der Waals surface area contributed by atoms with Crippen molar-refractivity contribution in [2.24, 2.45) is 5.92 Å². The van der Waals surface area contributed by atoms with Crippen LogP contribution in [0.15, 0.2) is 30.3 Å². The molecule has 1 heterocycles. The van der Waals surface area contributed by atoms with E-state index in [1.54, 1.807) is 0 Å². The van der Waals surface area contributed by atoms with Crippen molar-refractivity contribution >= 4 is 6.09 Å². The highest BCUT2D eigenvalue weighted by atomic mass is 16.5. The first-order valence-corrected chi connectivity index (χ1v) is 9.20. The van der Waals surface area contributed by atoms with Gasteiger partial charge in [-0.15, -0.1) is 0 Å². The molecule has 2 atom stereocenters. The van der Waals surface area contributed by atoms with E-state index < -0.39 is 0 Å². The molecule has 0 aromatic heterocycles. The van der Waals surface area contributed by atoms with Crippen LogP contribution in [0.4, 0.5) is 4.79 Å². The van der Waals surface area contributed by atoms with Crippen LogP contribution in [-0.4, -0.2) is 43.4 Å². The Kier molecular flexibility index (Phi) is 5.77. The standard InChI is InChI=1S/C20H29NO3/c1-15-12-13-21(20(22)23-2)19(15)14-24-18-10-8-17(9-11-18)16-6-4-3-5-7-16/h3-7,15,17-19H,8-14H2,1-2H3/t15-,17-,18+,19-/m0/s1. The zero-order valence-corrected chi connectivity index (χ0v) is 14.8. The van der Waals surface area contributed by atoms with Crippen LogP contribution in [0.5, 0.6) is 0 Å². The number of carbonyl (C=O) groups is 1. The molecule has 0 radical (unpaired) electrons. The van der Waals surface area contributed by atoms with E-state index in [-0.39, 0.29) is 12.1 Å². The molecule has 3 rings (SSSR count). The summed E-state index contributed by atoms with van der Waals surface area (Å²) in [7, 11) is 1.45. The molecule has 1 saturated heterocycles. The summed E-state index contributed by atoms with van der Waals surface area (Å²) < 4.78 is 11.1. The molecule has 1 aliphatic heterocycles. The number of ether oxygens (including phenoxy) is 2. The molecule has 1 amide bonds. The summed E-state index contributed by atoms with van der Waals surface area (Å²) in [6.45, 7) is 3.61. The van der Waals surface area contributed by atoms with Gasteiger partial charge in [0.2, 0.25) is 0 Å². The molecule has 0 N–H and O–H groups in total. The molecule has 0 unspecified atom stereocenters. The number of nitrogens with zero attached hydrogens (tertiary/aromatic N) is 1. The Bertz CT molecular complexity index is 525. The zero-order valence-electron chi connectivity index (χ0n) is 14.8. The minimum absolute atomic E-state index is 0.157. The molecule has 24 heavy (non-hydrogen) atoms. The Morgan fingerprint density at radius 2 is 1.83 bits per heavy atom. The number of carbonyl (C=O) groups excluding carboxylic acids is 1. The second-order valence-corrected chi connectivity index (χ2v) is 7.21. The fraction of sp³-hybridized carbons (Fsp3) is 0.650. The van der Waals surface area contributed by atoms with Crippen molar-refractivity contribution in [3.05, 3.63) is 35.9 Å². The summed E-state index contributed by atoms with van der Waals surface area (Å²) in [5, 5.41) is 0. The summed E-state index contributed by atoms with van der Waals surface area (Å²) in [5.74, 6) is 1.15. The van der Waals surface area contributed by atoms with Gasteiger partial charge >= 0.3 is 6.09 Å². The fourth-order valence-corrected chi connectivity index (χ4v) is 4.13. The third-order valence-electron chi connectivity index (χ3n) is 5.74. The van der Waals surface area contributed by atoms with Crippen LogP contribution in [0.3, 0.4) is 0 Å². The van der Waals surface area contributed by atoms with Crippen molar-refractivity contribution in [3.8, 4) is 0 Å². The lowest BCUT2D eigenvalue weighted by molar-refractivity contribution is -0.00841. The molecule has 1 aromatic rings. The summed E-state index contributed by atoms with van der Waals surface area (Å²) in [4.78, 5) is 13.7. The van der Waals surface area contributed by atoms with Gasteiger partial charge in [-0.05, 0) is 49.5 Å². The van der Waals surface area contributed by atoms with Gasteiger partial charge < -0.3 is 14.4 Å². The Balaban J connectivity index is 1.47. The Morgan fingerprint density at radius 3 is 2.50 bits per heavy atom. The van der Waals surface area contributed by atoms with E-state index in [4.69, 9.17) is 9.47 Å². The van der Waals surface area contributed by atoms with E-state index in [0.717, 1.165) is 25.8 Å². The highest BCUT2D eigenvalue weighted by Crippen LogP contribution is 2.34. The molecule has 4 heteroatoms. The molecule has 2 fully saturated rings. The lowest BCUT2D eigenvalue weighted by Crippen LogP contribution is -2.41. The van der Waals surface area contributed by atoms with Gasteiger partial charge in [-0.1, -0.05) is 37.3 Å². The van der Waals surface area contributed by atoms with Crippen molar-refractivity contribution in [1.29, 1.82) is 0 Å². The minimum Gasteiger partial charge on any atom is -0.453 e. The second-order valence-electron chi connectivity index (χ2n) is 7.21. The first-order valence-electron chi connectivity index (χ1n) is 9.20. The normalized spacial score (nSPS) is 30.3. The molecule has 4 nitrogen and oxygen atoms in total. The number of hydrogen-bond acceptors (Lipinski definition) is 3. The van der Waals surface area contributed by atoms with Gasteiger partial charge in [-0.3, -0.25) is 0 Å². The second kappa shape index (κ2) is 8.02. The quantitative estimate of drug-likeness (QED) is 0.830. The van der Waals surface area contributed by atoms with E-state index >= 15 is 0 Å². The van der Waals surface area contributed by atoms with Crippen molar-refractivity contribution < 1.29 is 14.3 Å². The predicted octanol–water partition coefficient (Wildman–Crippen LogP) is 4.21. The summed E-state index contributed by atoms with van der Waals surface area (Å²) >= 11 is 0. The van der Waals surface area contributed by atoms with Crippen LogP contribution in [0.25, 0.3) is 0 Å². The molecule has 2 aliphatic rings. The van der Waals surface area contributed by atoms with Crippen molar-refractivity contribution in [3.63, 3.8) is 0 Å². The van der Waals surface area contributed by atoms with Crippen LogP contribution in [0, 0.1) is 5.92 Å². The number of methoxy groups -OCH3 is 1. The van der Waals surface area contributed by atoms with Crippen LogP contribution in [0.1, 0.15) is 50.5 Å². The van der Waals surface area contributed by atoms with E-state index in [1.165, 1.54) is 25.5 Å². The Hall–Kier alpha value is -1.55. The largest absolute Gasteiger partial charge is 0.453 e. The maximum atomic E-state index is 11.9. The van der Waals surface area contributed by atoms with Crippen LogP contribution >= 0.6 is 0 Å². The summed E-state index contributed by atoms with van der Waals surface area (Å²) in [5.41, 5.74) is 1.46. The van der Waals surface area contributed by atoms with Crippen molar-refractivity contribution in [2.75, 3.05) is 20.3 Å². The van der Waals surface area contributed by atoms with Crippen LogP contribution in [-0.2, 0) is 9.47 Å². The van der Waals surface area contributed by atoms with Gasteiger partial charge in [-0.2, -0.15) is 0 Å². The molecule has 132 valence electrons. The highest BCUT2D eigenvalue weighted by Gasteiger charge is 2.36. The monoisotopic (exact) mass is 331 g/mol. The smallest absolute Gasteiger partial charge is 0.409 e. The Labute approximate surface area is 145 Å².